The van der Waals surface area contributed by atoms with E-state index in [2.05, 4.69) is 15.4 Å². The zero-order valence-corrected chi connectivity index (χ0v) is 14.6. The van der Waals surface area contributed by atoms with E-state index >= 15 is 0 Å². The quantitative estimate of drug-likeness (QED) is 0.744. The Balaban J connectivity index is 1.92. The van der Waals surface area contributed by atoms with E-state index in [1.807, 2.05) is 0 Å². The molecule has 0 saturated heterocycles. The number of anilines is 2. The third-order valence-corrected chi connectivity index (χ3v) is 3.45. The number of rotatable bonds is 7. The highest BCUT2D eigenvalue weighted by atomic mass is 16.6. The van der Waals surface area contributed by atoms with Gasteiger partial charge in [0.25, 0.3) is 5.91 Å². The maximum Gasteiger partial charge on any atom is 0.343 e. The van der Waals surface area contributed by atoms with Crippen molar-refractivity contribution in [2.24, 2.45) is 0 Å². The minimum Gasteiger partial charge on any atom is -0.482 e. The zero-order valence-electron chi connectivity index (χ0n) is 14.6. The molecule has 0 aliphatic heterocycles. The molecule has 136 valence electrons. The fraction of sp³-hybridized carbons (Fsp3) is 0.211. The summed E-state index contributed by atoms with van der Waals surface area (Å²) in [5, 5.41) is 5.48. The van der Waals surface area contributed by atoms with Crippen LogP contribution in [0, 0.1) is 0 Å². The maximum absolute atomic E-state index is 12.3. The highest BCUT2D eigenvalue weighted by Crippen LogP contribution is 2.17. The first-order valence-electron chi connectivity index (χ1n) is 8.02. The van der Waals surface area contributed by atoms with Gasteiger partial charge >= 0.3 is 5.97 Å². The third kappa shape index (κ3) is 5.62. The molecule has 0 saturated carbocycles. The van der Waals surface area contributed by atoms with Gasteiger partial charge in [0.2, 0.25) is 5.91 Å². The number of carbonyl (C=O) groups is 3. The summed E-state index contributed by atoms with van der Waals surface area (Å²) in [5.41, 5.74) is 1.69. The first kappa shape index (κ1) is 19.0. The first-order valence-corrected chi connectivity index (χ1v) is 8.02. The van der Waals surface area contributed by atoms with Crippen LogP contribution in [0.15, 0.2) is 48.5 Å². The summed E-state index contributed by atoms with van der Waals surface area (Å²) >= 11 is 0. The molecule has 0 aromatic heterocycles. The lowest BCUT2D eigenvalue weighted by atomic mass is 10.2. The van der Waals surface area contributed by atoms with Crippen molar-refractivity contribution in [2.75, 3.05) is 24.4 Å². The van der Waals surface area contributed by atoms with Crippen molar-refractivity contribution < 1.29 is 23.9 Å². The Bertz CT molecular complexity index is 770. The molecule has 7 heteroatoms. The summed E-state index contributed by atoms with van der Waals surface area (Å²) in [7, 11) is 1.29. The van der Waals surface area contributed by atoms with Gasteiger partial charge in [0.1, 0.15) is 5.75 Å². The molecule has 7 nitrogen and oxygen atoms in total. The van der Waals surface area contributed by atoms with Crippen LogP contribution >= 0.6 is 0 Å². The zero-order chi connectivity index (χ0) is 18.9. The second-order valence-corrected chi connectivity index (χ2v) is 5.32. The molecule has 0 atom stereocenters. The van der Waals surface area contributed by atoms with E-state index in [0.717, 1.165) is 0 Å². The summed E-state index contributed by atoms with van der Waals surface area (Å²) in [6.07, 6.45) is 0.390. The summed E-state index contributed by atoms with van der Waals surface area (Å²) in [6, 6.07) is 13.2. The molecule has 2 aromatic rings. The molecule has 0 aliphatic rings. The predicted molar refractivity (Wildman–Crippen MR) is 97.3 cm³/mol. The van der Waals surface area contributed by atoms with Crippen molar-refractivity contribution in [3.8, 4) is 5.75 Å². The lowest BCUT2D eigenvalue weighted by Crippen LogP contribution is -2.13. The van der Waals surface area contributed by atoms with Crippen molar-refractivity contribution in [3.05, 3.63) is 54.1 Å². The van der Waals surface area contributed by atoms with Gasteiger partial charge in [-0.05, 0) is 48.5 Å². The molecule has 0 unspecified atom stereocenters. The number of ether oxygens (including phenoxy) is 2. The van der Waals surface area contributed by atoms with E-state index in [0.29, 0.717) is 29.1 Å². The molecule has 26 heavy (non-hydrogen) atoms. The molecular formula is C19H20N2O5. The molecule has 2 N–H and O–H groups in total. The first-order chi connectivity index (χ1) is 12.5. The number of hydrogen-bond donors (Lipinski definition) is 2. The summed E-state index contributed by atoms with van der Waals surface area (Å²) in [6.45, 7) is 1.59. The van der Waals surface area contributed by atoms with Crippen molar-refractivity contribution in [1.29, 1.82) is 0 Å². The van der Waals surface area contributed by atoms with Crippen LogP contribution in [0.2, 0.25) is 0 Å². The van der Waals surface area contributed by atoms with Gasteiger partial charge in [-0.3, -0.25) is 9.59 Å². The smallest absolute Gasteiger partial charge is 0.343 e. The Morgan fingerprint density at radius 1 is 0.885 bits per heavy atom. The molecule has 0 heterocycles. The fourth-order valence-electron chi connectivity index (χ4n) is 1.99. The fourth-order valence-corrected chi connectivity index (χ4v) is 1.99. The second kappa shape index (κ2) is 9.22. The number of esters is 1. The van der Waals surface area contributed by atoms with Gasteiger partial charge in [0.05, 0.1) is 7.11 Å². The van der Waals surface area contributed by atoms with Gasteiger partial charge in [-0.25, -0.2) is 4.79 Å². The lowest BCUT2D eigenvalue weighted by Gasteiger charge is -2.08. The van der Waals surface area contributed by atoms with E-state index in [1.54, 1.807) is 55.5 Å². The highest BCUT2D eigenvalue weighted by molar-refractivity contribution is 6.04. The topological polar surface area (TPSA) is 93.7 Å². The number of carbonyl (C=O) groups excluding carboxylic acids is 3. The van der Waals surface area contributed by atoms with Crippen molar-refractivity contribution >= 4 is 29.2 Å². The molecule has 2 rings (SSSR count). The second-order valence-electron chi connectivity index (χ2n) is 5.32. The third-order valence-electron chi connectivity index (χ3n) is 3.45. The summed E-state index contributed by atoms with van der Waals surface area (Å²) in [4.78, 5) is 34.6. The summed E-state index contributed by atoms with van der Waals surface area (Å²) < 4.78 is 9.72. The molecule has 0 aliphatic carbocycles. The van der Waals surface area contributed by atoms with Crippen LogP contribution in [0.25, 0.3) is 0 Å². The largest absolute Gasteiger partial charge is 0.482 e. The normalized spacial score (nSPS) is 9.92. The van der Waals surface area contributed by atoms with Crippen LogP contribution in [-0.2, 0) is 14.3 Å². The van der Waals surface area contributed by atoms with Crippen LogP contribution < -0.4 is 15.4 Å². The van der Waals surface area contributed by atoms with E-state index in [-0.39, 0.29) is 18.4 Å². The highest BCUT2D eigenvalue weighted by Gasteiger charge is 2.07. The number of methoxy groups -OCH3 is 1. The van der Waals surface area contributed by atoms with Gasteiger partial charge in [0.15, 0.2) is 6.61 Å². The van der Waals surface area contributed by atoms with Crippen molar-refractivity contribution in [3.63, 3.8) is 0 Å². The van der Waals surface area contributed by atoms with Crippen molar-refractivity contribution in [1.82, 2.24) is 0 Å². The van der Waals surface area contributed by atoms with E-state index in [9.17, 15) is 14.4 Å². The summed E-state index contributed by atoms with van der Waals surface area (Å²) in [5.74, 6) is -0.344. The lowest BCUT2D eigenvalue weighted by molar-refractivity contribution is -0.142. The van der Waals surface area contributed by atoms with Crippen LogP contribution in [0.4, 0.5) is 11.4 Å². The molecule has 0 spiro atoms. The van der Waals surface area contributed by atoms with Crippen LogP contribution in [-0.4, -0.2) is 31.5 Å². The Kier molecular flexibility index (Phi) is 6.73. The molecule has 0 radical (unpaired) electrons. The Morgan fingerprint density at radius 3 is 2.04 bits per heavy atom. The molecule has 2 aromatic carbocycles. The van der Waals surface area contributed by atoms with Gasteiger partial charge in [-0.2, -0.15) is 0 Å². The van der Waals surface area contributed by atoms with E-state index in [4.69, 9.17) is 4.74 Å². The van der Waals surface area contributed by atoms with Crippen LogP contribution in [0.5, 0.6) is 5.75 Å². The van der Waals surface area contributed by atoms with E-state index < -0.39 is 5.97 Å². The van der Waals surface area contributed by atoms with Crippen molar-refractivity contribution in [2.45, 2.75) is 13.3 Å². The van der Waals surface area contributed by atoms with Gasteiger partial charge in [0, 0.05) is 23.4 Å². The minimum atomic E-state index is -0.471. The maximum atomic E-state index is 12.3. The predicted octanol–water partition coefficient (Wildman–Crippen LogP) is 2.84. The number of benzene rings is 2. The van der Waals surface area contributed by atoms with E-state index in [1.165, 1.54) is 7.11 Å². The molecule has 2 amide bonds. The number of nitrogens with one attached hydrogen (secondary N) is 2. The van der Waals surface area contributed by atoms with Gasteiger partial charge in [-0.1, -0.05) is 6.92 Å². The van der Waals surface area contributed by atoms with Crippen LogP contribution in [0.1, 0.15) is 23.7 Å². The number of hydrogen-bond acceptors (Lipinski definition) is 5. The number of amides is 2. The Labute approximate surface area is 151 Å². The minimum absolute atomic E-state index is 0.0864. The van der Waals surface area contributed by atoms with Gasteiger partial charge < -0.3 is 20.1 Å². The Hall–Kier alpha value is -3.35. The molecule has 0 bridgehead atoms. The Morgan fingerprint density at radius 2 is 1.46 bits per heavy atom. The average molecular weight is 356 g/mol. The SMILES string of the molecule is CCC(=O)Nc1ccc(C(=O)Nc2ccc(OCC(=O)OC)cc2)cc1. The standard InChI is InChI=1S/C19H20N2O5/c1-3-17(22)20-14-6-4-13(5-7-14)19(24)21-15-8-10-16(11-9-15)26-12-18(23)25-2/h4-11H,3,12H2,1-2H3,(H,20,22)(H,21,24). The molecule has 0 fully saturated rings. The molecular weight excluding hydrogens is 336 g/mol. The monoisotopic (exact) mass is 356 g/mol. The van der Waals surface area contributed by atoms with Crippen LogP contribution in [0.3, 0.4) is 0 Å². The van der Waals surface area contributed by atoms with Gasteiger partial charge in [-0.15, -0.1) is 0 Å². The average Bonchev–Trinajstić information content (AvgIpc) is 2.67.